The molecular formula is C23H29N3O2. The van der Waals surface area contributed by atoms with Gasteiger partial charge in [0, 0.05) is 30.5 Å². The molecule has 5 nitrogen and oxygen atoms in total. The quantitative estimate of drug-likeness (QED) is 0.854. The van der Waals surface area contributed by atoms with E-state index in [9.17, 15) is 9.59 Å². The number of pyridine rings is 1. The van der Waals surface area contributed by atoms with Crippen LogP contribution in [-0.4, -0.2) is 34.8 Å². The summed E-state index contributed by atoms with van der Waals surface area (Å²) in [6.07, 6.45) is 3.70. The SMILES string of the molecule is CC1CCCN(C(=O)c2ccnc(C(=O)Nc3ccc(C(C)(C)C)cc3)c2)C1. The second-order valence-corrected chi connectivity index (χ2v) is 8.71. The predicted octanol–water partition coefficient (Wildman–Crippen LogP) is 4.50. The molecule has 0 saturated carbocycles. The minimum absolute atomic E-state index is 0.0301. The van der Waals surface area contributed by atoms with Crippen molar-refractivity contribution in [1.82, 2.24) is 9.88 Å². The molecule has 5 heteroatoms. The molecule has 0 aliphatic carbocycles. The summed E-state index contributed by atoms with van der Waals surface area (Å²) in [6, 6.07) is 11.1. The van der Waals surface area contributed by atoms with Gasteiger partial charge in [-0.15, -0.1) is 0 Å². The van der Waals surface area contributed by atoms with Gasteiger partial charge in [-0.3, -0.25) is 14.6 Å². The van der Waals surface area contributed by atoms with Crippen LogP contribution in [0.2, 0.25) is 0 Å². The summed E-state index contributed by atoms with van der Waals surface area (Å²) in [7, 11) is 0. The molecule has 1 aliphatic heterocycles. The summed E-state index contributed by atoms with van der Waals surface area (Å²) in [5, 5.41) is 2.86. The highest BCUT2D eigenvalue weighted by Gasteiger charge is 2.23. The first kappa shape index (κ1) is 20.1. The summed E-state index contributed by atoms with van der Waals surface area (Å²) in [6.45, 7) is 10.1. The van der Waals surface area contributed by atoms with Gasteiger partial charge in [-0.25, -0.2) is 0 Å². The van der Waals surface area contributed by atoms with E-state index in [1.165, 1.54) is 11.8 Å². The van der Waals surface area contributed by atoms with Crippen LogP contribution in [0.5, 0.6) is 0 Å². The smallest absolute Gasteiger partial charge is 0.274 e. The molecule has 148 valence electrons. The first-order chi connectivity index (χ1) is 13.2. The molecule has 28 heavy (non-hydrogen) atoms. The first-order valence-corrected chi connectivity index (χ1v) is 9.91. The van der Waals surface area contributed by atoms with E-state index in [4.69, 9.17) is 0 Å². The van der Waals surface area contributed by atoms with Crippen LogP contribution in [-0.2, 0) is 5.41 Å². The maximum atomic E-state index is 12.8. The summed E-state index contributed by atoms with van der Waals surface area (Å²) < 4.78 is 0. The average Bonchev–Trinajstić information content (AvgIpc) is 2.67. The number of carbonyl (C=O) groups excluding carboxylic acids is 2. The van der Waals surface area contributed by atoms with Gasteiger partial charge < -0.3 is 10.2 Å². The second-order valence-electron chi connectivity index (χ2n) is 8.71. The van der Waals surface area contributed by atoms with E-state index in [1.807, 2.05) is 29.2 Å². The Hall–Kier alpha value is -2.69. The van der Waals surface area contributed by atoms with E-state index < -0.39 is 0 Å². The minimum atomic E-state index is -0.315. The van der Waals surface area contributed by atoms with E-state index in [2.05, 4.69) is 38.0 Å². The number of amides is 2. The fraction of sp³-hybridized carbons (Fsp3) is 0.435. The number of carbonyl (C=O) groups is 2. The maximum Gasteiger partial charge on any atom is 0.274 e. The second kappa shape index (κ2) is 8.13. The molecule has 2 heterocycles. The molecule has 1 unspecified atom stereocenters. The number of rotatable bonds is 3. The largest absolute Gasteiger partial charge is 0.338 e. The zero-order valence-corrected chi connectivity index (χ0v) is 17.2. The van der Waals surface area contributed by atoms with Gasteiger partial charge in [0.25, 0.3) is 11.8 Å². The molecule has 2 amide bonds. The van der Waals surface area contributed by atoms with Crippen molar-refractivity contribution in [3.8, 4) is 0 Å². The third-order valence-corrected chi connectivity index (χ3v) is 5.19. The minimum Gasteiger partial charge on any atom is -0.338 e. The lowest BCUT2D eigenvalue weighted by molar-refractivity contribution is 0.0683. The number of hydrogen-bond donors (Lipinski definition) is 1. The van der Waals surface area contributed by atoms with Crippen molar-refractivity contribution in [2.75, 3.05) is 18.4 Å². The molecule has 1 saturated heterocycles. The van der Waals surface area contributed by atoms with Crippen molar-refractivity contribution in [2.24, 2.45) is 5.92 Å². The zero-order valence-electron chi connectivity index (χ0n) is 17.2. The molecule has 0 radical (unpaired) electrons. The monoisotopic (exact) mass is 379 g/mol. The number of nitrogens with one attached hydrogen (secondary N) is 1. The molecule has 1 aliphatic rings. The Morgan fingerprint density at radius 3 is 2.50 bits per heavy atom. The van der Waals surface area contributed by atoms with Crippen LogP contribution in [0.3, 0.4) is 0 Å². The topological polar surface area (TPSA) is 62.3 Å². The molecule has 1 atom stereocenters. The number of hydrogen-bond acceptors (Lipinski definition) is 3. The Morgan fingerprint density at radius 1 is 1.14 bits per heavy atom. The van der Waals surface area contributed by atoms with Crippen LogP contribution in [0, 0.1) is 5.92 Å². The molecule has 1 fully saturated rings. The van der Waals surface area contributed by atoms with Gasteiger partial charge in [-0.1, -0.05) is 39.8 Å². The van der Waals surface area contributed by atoms with Crippen LogP contribution in [0.15, 0.2) is 42.6 Å². The first-order valence-electron chi connectivity index (χ1n) is 9.91. The van der Waals surface area contributed by atoms with Gasteiger partial charge >= 0.3 is 0 Å². The normalized spacial score (nSPS) is 17.3. The lowest BCUT2D eigenvalue weighted by Crippen LogP contribution is -2.39. The molecule has 1 N–H and O–H groups in total. The summed E-state index contributed by atoms with van der Waals surface area (Å²) in [5.74, 6) is 0.168. The Bertz CT molecular complexity index is 853. The van der Waals surface area contributed by atoms with Crippen LogP contribution in [0.25, 0.3) is 0 Å². The maximum absolute atomic E-state index is 12.8. The predicted molar refractivity (Wildman–Crippen MR) is 112 cm³/mol. The van der Waals surface area contributed by atoms with Crippen molar-refractivity contribution in [3.05, 3.63) is 59.4 Å². The molecule has 0 bridgehead atoms. The molecule has 1 aromatic carbocycles. The fourth-order valence-electron chi connectivity index (χ4n) is 3.49. The zero-order chi connectivity index (χ0) is 20.3. The lowest BCUT2D eigenvalue weighted by Gasteiger charge is -2.31. The summed E-state index contributed by atoms with van der Waals surface area (Å²) in [4.78, 5) is 31.4. The van der Waals surface area contributed by atoms with Gasteiger partial charge in [0.2, 0.25) is 0 Å². The summed E-state index contributed by atoms with van der Waals surface area (Å²) in [5.41, 5.74) is 2.73. The fourth-order valence-corrected chi connectivity index (χ4v) is 3.49. The van der Waals surface area contributed by atoms with E-state index in [1.54, 1.807) is 12.1 Å². The number of anilines is 1. The number of likely N-dealkylation sites (tertiary alicyclic amines) is 1. The lowest BCUT2D eigenvalue weighted by atomic mass is 9.87. The van der Waals surface area contributed by atoms with Crippen molar-refractivity contribution < 1.29 is 9.59 Å². The van der Waals surface area contributed by atoms with Crippen molar-refractivity contribution in [1.29, 1.82) is 0 Å². The Kier molecular flexibility index (Phi) is 5.82. The standard InChI is InChI=1S/C23H29N3O2/c1-16-6-5-13-26(15-16)22(28)17-11-12-24-20(14-17)21(27)25-19-9-7-18(8-10-19)23(2,3)4/h7-12,14,16H,5-6,13,15H2,1-4H3,(H,25,27). The highest BCUT2D eigenvalue weighted by molar-refractivity contribution is 6.04. The highest BCUT2D eigenvalue weighted by Crippen LogP contribution is 2.24. The Morgan fingerprint density at radius 2 is 1.86 bits per heavy atom. The van der Waals surface area contributed by atoms with Gasteiger partial charge in [0.1, 0.15) is 5.69 Å². The van der Waals surface area contributed by atoms with Crippen LogP contribution in [0.4, 0.5) is 5.69 Å². The van der Waals surface area contributed by atoms with Crippen LogP contribution < -0.4 is 5.32 Å². The third-order valence-electron chi connectivity index (χ3n) is 5.19. The Balaban J connectivity index is 1.71. The van der Waals surface area contributed by atoms with Crippen molar-refractivity contribution in [2.45, 2.75) is 46.0 Å². The van der Waals surface area contributed by atoms with Gasteiger partial charge in [-0.05, 0) is 54.0 Å². The molecule has 0 spiro atoms. The number of piperidine rings is 1. The number of nitrogens with zero attached hydrogens (tertiary/aromatic N) is 2. The van der Waals surface area contributed by atoms with Crippen molar-refractivity contribution >= 4 is 17.5 Å². The van der Waals surface area contributed by atoms with Gasteiger partial charge in [0.05, 0.1) is 0 Å². The average molecular weight is 380 g/mol. The third kappa shape index (κ3) is 4.77. The van der Waals surface area contributed by atoms with Crippen LogP contribution >= 0.6 is 0 Å². The molecule has 1 aromatic heterocycles. The number of aromatic nitrogens is 1. The summed E-state index contributed by atoms with van der Waals surface area (Å²) >= 11 is 0. The van der Waals surface area contributed by atoms with Gasteiger partial charge in [-0.2, -0.15) is 0 Å². The molecule has 3 rings (SSSR count). The van der Waals surface area contributed by atoms with E-state index in [-0.39, 0.29) is 22.9 Å². The van der Waals surface area contributed by atoms with E-state index in [0.717, 1.165) is 25.9 Å². The highest BCUT2D eigenvalue weighted by atomic mass is 16.2. The van der Waals surface area contributed by atoms with E-state index >= 15 is 0 Å². The van der Waals surface area contributed by atoms with Crippen molar-refractivity contribution in [3.63, 3.8) is 0 Å². The van der Waals surface area contributed by atoms with E-state index in [0.29, 0.717) is 17.2 Å². The Labute approximate surface area is 167 Å². The number of benzene rings is 1. The molecular weight excluding hydrogens is 350 g/mol. The van der Waals surface area contributed by atoms with Crippen LogP contribution in [0.1, 0.15) is 66.9 Å². The van der Waals surface area contributed by atoms with Gasteiger partial charge in [0.15, 0.2) is 0 Å². The molecule has 2 aromatic rings.